The molecule has 0 amide bonds. The molecule has 1 heterocycles. The number of hydrogen-bond acceptors (Lipinski definition) is 5. The molecular weight excluding hydrogens is 311 g/mol. The average molecular weight is 330 g/mol. The first kappa shape index (κ1) is 17.6. The first-order valence-electron chi connectivity index (χ1n) is 7.96. The summed E-state index contributed by atoms with van der Waals surface area (Å²) in [5, 5.41) is 23.8. The second-order valence-corrected chi connectivity index (χ2v) is 5.37. The van der Waals surface area contributed by atoms with Crippen LogP contribution in [0.25, 0.3) is 10.9 Å². The Kier molecular flexibility index (Phi) is 5.64. The van der Waals surface area contributed by atoms with Gasteiger partial charge in [0.2, 0.25) is 0 Å². The molecule has 0 aliphatic heterocycles. The highest BCUT2D eigenvalue weighted by molar-refractivity contribution is 5.96. The van der Waals surface area contributed by atoms with Crippen molar-refractivity contribution in [1.29, 1.82) is 5.26 Å². The minimum atomic E-state index is -0.876. The minimum absolute atomic E-state index is 0.148. The van der Waals surface area contributed by atoms with Gasteiger partial charge in [-0.25, -0.2) is 9.37 Å². The number of pyridine rings is 1. The zero-order valence-corrected chi connectivity index (χ0v) is 13.6. The van der Waals surface area contributed by atoms with E-state index in [9.17, 15) is 14.5 Å². The van der Waals surface area contributed by atoms with Crippen LogP contribution in [-0.4, -0.2) is 22.1 Å². The fraction of sp³-hybridized carbons (Fsp3) is 0.412. The molecule has 0 radical (unpaired) electrons. The summed E-state index contributed by atoms with van der Waals surface area (Å²) in [7, 11) is 0. The molecule has 0 spiro atoms. The maximum Gasteiger partial charge on any atom is 0.311 e. The Morgan fingerprint density at radius 1 is 1.42 bits per heavy atom. The summed E-state index contributed by atoms with van der Waals surface area (Å²) in [4.78, 5) is 14.8. The molecular formula is C17H19FN4O2. The van der Waals surface area contributed by atoms with Crippen LogP contribution in [0.1, 0.15) is 38.7 Å². The Labute approximate surface area is 139 Å². The third-order valence-corrected chi connectivity index (χ3v) is 3.89. The van der Waals surface area contributed by atoms with E-state index in [2.05, 4.69) is 10.3 Å². The van der Waals surface area contributed by atoms with Gasteiger partial charge in [0.15, 0.2) is 0 Å². The third-order valence-electron chi connectivity index (χ3n) is 3.89. The first-order valence-corrected chi connectivity index (χ1v) is 7.96. The monoisotopic (exact) mass is 330 g/mol. The highest BCUT2D eigenvalue weighted by atomic mass is 19.1. The third kappa shape index (κ3) is 3.59. The van der Waals surface area contributed by atoms with E-state index in [4.69, 9.17) is 5.26 Å². The summed E-state index contributed by atoms with van der Waals surface area (Å²) in [5.41, 5.74) is 1.10. The maximum absolute atomic E-state index is 13.3. The number of benzene rings is 1. The van der Waals surface area contributed by atoms with E-state index >= 15 is 0 Å². The summed E-state index contributed by atoms with van der Waals surface area (Å²) in [6.07, 6.45) is 1.73. The van der Waals surface area contributed by atoms with Gasteiger partial charge in [-0.2, -0.15) is 5.26 Å². The number of nitriles is 1. The summed E-state index contributed by atoms with van der Waals surface area (Å²) in [6.45, 7) is 4.00. The van der Waals surface area contributed by atoms with Crippen molar-refractivity contribution in [1.82, 2.24) is 4.98 Å². The van der Waals surface area contributed by atoms with E-state index in [-0.39, 0.29) is 11.7 Å². The van der Waals surface area contributed by atoms with E-state index in [1.165, 1.54) is 6.20 Å². The van der Waals surface area contributed by atoms with Gasteiger partial charge in [-0.3, -0.25) is 10.1 Å². The lowest BCUT2D eigenvalue weighted by atomic mass is 10.1. The average Bonchev–Trinajstić information content (AvgIpc) is 3.01. The van der Waals surface area contributed by atoms with Crippen LogP contribution >= 0.6 is 0 Å². The predicted octanol–water partition coefficient (Wildman–Crippen LogP) is 4.34. The molecule has 1 aromatic carbocycles. The normalized spacial score (nSPS) is 19.2. The van der Waals surface area contributed by atoms with E-state index in [0.717, 1.165) is 0 Å². The van der Waals surface area contributed by atoms with E-state index < -0.39 is 11.1 Å². The fourth-order valence-corrected chi connectivity index (χ4v) is 2.80. The largest absolute Gasteiger partial charge is 0.376 e. The Morgan fingerprint density at radius 2 is 2.17 bits per heavy atom. The number of hydrogen-bond donors (Lipinski definition) is 1. The number of nitrogens with zero attached hydrogens (tertiary/aromatic N) is 3. The van der Waals surface area contributed by atoms with Crippen LogP contribution in [0.5, 0.6) is 0 Å². The lowest BCUT2D eigenvalue weighted by molar-refractivity contribution is -0.384. The van der Waals surface area contributed by atoms with Gasteiger partial charge in [0.1, 0.15) is 18.1 Å². The predicted molar refractivity (Wildman–Crippen MR) is 90.6 cm³/mol. The molecule has 1 aromatic heterocycles. The topological polar surface area (TPSA) is 91.8 Å². The molecule has 1 saturated carbocycles. The number of nitrogens with one attached hydrogen (secondary N) is 1. The molecule has 2 unspecified atom stereocenters. The minimum Gasteiger partial charge on any atom is -0.376 e. The second-order valence-electron chi connectivity index (χ2n) is 5.37. The molecule has 126 valence electrons. The molecule has 1 N–H and O–H groups in total. The van der Waals surface area contributed by atoms with E-state index in [0.29, 0.717) is 41.4 Å². The number of aromatic nitrogens is 1. The summed E-state index contributed by atoms with van der Waals surface area (Å²) in [6, 6.07) is 6.69. The van der Waals surface area contributed by atoms with E-state index in [1.807, 2.05) is 19.9 Å². The van der Waals surface area contributed by atoms with Gasteiger partial charge in [-0.1, -0.05) is 13.8 Å². The molecule has 2 aromatic rings. The van der Waals surface area contributed by atoms with Gasteiger partial charge >= 0.3 is 5.69 Å². The Balaban J connectivity index is 0.00000100. The molecule has 1 fully saturated rings. The summed E-state index contributed by atoms with van der Waals surface area (Å²) >= 11 is 0. The van der Waals surface area contributed by atoms with Crippen molar-refractivity contribution in [2.45, 2.75) is 45.3 Å². The van der Waals surface area contributed by atoms with Gasteiger partial charge in [-0.05, 0) is 37.5 Å². The highest BCUT2D eigenvalue weighted by Gasteiger charge is 2.27. The maximum atomic E-state index is 13.3. The molecule has 2 atom stereocenters. The Bertz CT molecular complexity index is 788. The molecule has 3 rings (SSSR count). The molecule has 7 heteroatoms. The van der Waals surface area contributed by atoms with Crippen molar-refractivity contribution in [2.75, 3.05) is 5.32 Å². The zero-order chi connectivity index (χ0) is 17.7. The second kappa shape index (κ2) is 7.68. The number of rotatable bonds is 3. The SMILES string of the molecule is CC.N#Cc1ccc2ncc([N+](=O)[O-])c(NC3CCC(F)C3)c2c1. The van der Waals surface area contributed by atoms with Crippen molar-refractivity contribution in [3.63, 3.8) is 0 Å². The molecule has 0 saturated heterocycles. The van der Waals surface area contributed by atoms with Gasteiger partial charge in [-0.15, -0.1) is 0 Å². The number of anilines is 1. The number of alkyl halides is 1. The van der Waals surface area contributed by atoms with Crippen molar-refractivity contribution in [3.05, 3.63) is 40.1 Å². The van der Waals surface area contributed by atoms with Crippen molar-refractivity contribution < 1.29 is 9.31 Å². The molecule has 1 aliphatic rings. The summed E-state index contributed by atoms with van der Waals surface area (Å²) < 4.78 is 13.3. The quantitative estimate of drug-likeness (QED) is 0.667. The number of halogens is 1. The van der Waals surface area contributed by atoms with Crippen LogP contribution in [0, 0.1) is 21.4 Å². The van der Waals surface area contributed by atoms with Crippen molar-refractivity contribution in [2.24, 2.45) is 0 Å². The van der Waals surface area contributed by atoms with E-state index in [1.54, 1.807) is 18.2 Å². The van der Waals surface area contributed by atoms with Crippen LogP contribution in [0.2, 0.25) is 0 Å². The molecule has 0 bridgehead atoms. The first-order chi connectivity index (χ1) is 11.6. The standard InChI is InChI=1S/C15H13FN4O2.C2H6/c16-10-2-3-11(6-10)19-15-12-5-9(7-17)1-4-13(12)18-8-14(15)20(21)22;1-2/h1,4-5,8,10-11H,2-3,6H2,(H,18,19);1-2H3. The lowest BCUT2D eigenvalue weighted by Crippen LogP contribution is -2.17. The van der Waals surface area contributed by atoms with Crippen LogP contribution in [0.4, 0.5) is 15.8 Å². The lowest BCUT2D eigenvalue weighted by Gasteiger charge is -2.15. The molecule has 1 aliphatic carbocycles. The van der Waals surface area contributed by atoms with Crippen molar-refractivity contribution in [3.8, 4) is 6.07 Å². The van der Waals surface area contributed by atoms with Gasteiger partial charge in [0, 0.05) is 11.4 Å². The van der Waals surface area contributed by atoms with Gasteiger partial charge in [0.25, 0.3) is 0 Å². The Morgan fingerprint density at radius 3 is 2.75 bits per heavy atom. The van der Waals surface area contributed by atoms with Crippen LogP contribution in [0.3, 0.4) is 0 Å². The van der Waals surface area contributed by atoms with Gasteiger partial charge in [0.05, 0.1) is 22.1 Å². The number of fused-ring (bicyclic) bond motifs is 1. The Hall–Kier alpha value is -2.75. The number of nitro groups is 1. The molecule has 24 heavy (non-hydrogen) atoms. The smallest absolute Gasteiger partial charge is 0.311 e. The van der Waals surface area contributed by atoms with Crippen LogP contribution < -0.4 is 5.32 Å². The highest BCUT2D eigenvalue weighted by Crippen LogP contribution is 2.35. The van der Waals surface area contributed by atoms with Crippen LogP contribution in [0.15, 0.2) is 24.4 Å². The van der Waals surface area contributed by atoms with Crippen molar-refractivity contribution >= 4 is 22.3 Å². The zero-order valence-electron chi connectivity index (χ0n) is 13.6. The molecule has 6 nitrogen and oxygen atoms in total. The van der Waals surface area contributed by atoms with Gasteiger partial charge < -0.3 is 5.32 Å². The summed E-state index contributed by atoms with van der Waals surface area (Å²) in [5.74, 6) is 0. The fourth-order valence-electron chi connectivity index (χ4n) is 2.80. The van der Waals surface area contributed by atoms with Crippen LogP contribution in [-0.2, 0) is 0 Å².